The minimum Gasteiger partial charge on any atom is -0.323 e. The molecule has 3 amide bonds. The van der Waals surface area contributed by atoms with Crippen LogP contribution in [0.3, 0.4) is 0 Å². The largest absolute Gasteiger partial charge is 0.323 e. The number of thioether (sulfide) groups is 1. The van der Waals surface area contributed by atoms with E-state index in [-0.39, 0.29) is 18.4 Å². The zero-order chi connectivity index (χ0) is 13.0. The highest BCUT2D eigenvalue weighted by Crippen LogP contribution is 2.13. The van der Waals surface area contributed by atoms with Crippen LogP contribution < -0.4 is 10.9 Å². The molecule has 2 rings (SSSR count). The van der Waals surface area contributed by atoms with Gasteiger partial charge in [0.2, 0.25) is 5.91 Å². The second-order valence-electron chi connectivity index (χ2n) is 3.55. The summed E-state index contributed by atoms with van der Waals surface area (Å²) < 4.78 is 0. The Morgan fingerprint density at radius 2 is 2.22 bits per heavy atom. The normalized spacial score (nSPS) is 14.7. The summed E-state index contributed by atoms with van der Waals surface area (Å²) in [7, 11) is 0. The number of hydrogen-bond donors (Lipinski definition) is 2. The van der Waals surface area contributed by atoms with Crippen LogP contribution in [0.15, 0.2) is 17.5 Å². The lowest BCUT2D eigenvalue weighted by Crippen LogP contribution is -2.46. The fourth-order valence-corrected chi connectivity index (χ4v) is 2.87. The number of hydrazine groups is 1. The van der Waals surface area contributed by atoms with E-state index >= 15 is 0 Å². The smallest absolute Gasteiger partial charge is 0.279 e. The Morgan fingerprint density at radius 1 is 1.39 bits per heavy atom. The van der Waals surface area contributed by atoms with Crippen molar-refractivity contribution in [2.24, 2.45) is 0 Å². The predicted octanol–water partition coefficient (Wildman–Crippen LogP) is 0.0420. The third-order valence-corrected chi connectivity index (χ3v) is 4.03. The zero-order valence-electron chi connectivity index (χ0n) is 9.34. The molecule has 0 atom stereocenters. The molecule has 0 unspecified atom stereocenters. The third-order valence-electron chi connectivity index (χ3n) is 2.22. The van der Waals surface area contributed by atoms with E-state index < -0.39 is 5.91 Å². The number of thiophene rings is 1. The SMILES string of the molecule is O=C(CN1CSCC1=O)NNC(=O)c1cccs1. The van der Waals surface area contributed by atoms with Gasteiger partial charge in [0.1, 0.15) is 6.54 Å². The molecule has 1 aromatic heterocycles. The van der Waals surface area contributed by atoms with Gasteiger partial charge in [0.05, 0.1) is 16.5 Å². The highest BCUT2D eigenvalue weighted by Gasteiger charge is 2.22. The topological polar surface area (TPSA) is 78.5 Å². The van der Waals surface area contributed by atoms with Crippen LogP contribution in [0.5, 0.6) is 0 Å². The maximum Gasteiger partial charge on any atom is 0.279 e. The van der Waals surface area contributed by atoms with Gasteiger partial charge in [0.15, 0.2) is 0 Å². The number of nitrogens with zero attached hydrogens (tertiary/aromatic N) is 1. The maximum absolute atomic E-state index is 11.5. The van der Waals surface area contributed by atoms with E-state index in [1.165, 1.54) is 28.0 Å². The summed E-state index contributed by atoms with van der Waals surface area (Å²) in [6.07, 6.45) is 0. The van der Waals surface area contributed by atoms with Crippen molar-refractivity contribution < 1.29 is 14.4 Å². The summed E-state index contributed by atoms with van der Waals surface area (Å²) in [6.45, 7) is -0.0312. The molecule has 2 N–H and O–H groups in total. The van der Waals surface area contributed by atoms with Crippen molar-refractivity contribution in [3.05, 3.63) is 22.4 Å². The van der Waals surface area contributed by atoms with E-state index in [9.17, 15) is 14.4 Å². The van der Waals surface area contributed by atoms with E-state index in [4.69, 9.17) is 0 Å². The number of carbonyl (C=O) groups is 3. The fourth-order valence-electron chi connectivity index (χ4n) is 1.35. The van der Waals surface area contributed by atoms with Crippen LogP contribution >= 0.6 is 23.1 Å². The van der Waals surface area contributed by atoms with Gasteiger partial charge in [0, 0.05) is 0 Å². The Kier molecular flexibility index (Phi) is 4.21. The molecule has 18 heavy (non-hydrogen) atoms. The molecule has 1 saturated heterocycles. The predicted molar refractivity (Wildman–Crippen MR) is 69.0 cm³/mol. The van der Waals surface area contributed by atoms with Crippen LogP contribution in [0.4, 0.5) is 0 Å². The molecule has 0 aliphatic carbocycles. The van der Waals surface area contributed by atoms with Crippen LogP contribution in [0.1, 0.15) is 9.67 Å². The Morgan fingerprint density at radius 3 is 2.83 bits per heavy atom. The molecule has 0 radical (unpaired) electrons. The molecule has 96 valence electrons. The monoisotopic (exact) mass is 285 g/mol. The molecule has 1 aromatic rings. The first-order valence-electron chi connectivity index (χ1n) is 5.15. The first-order chi connectivity index (χ1) is 8.66. The number of hydrogen-bond acceptors (Lipinski definition) is 5. The molecule has 0 aromatic carbocycles. The second kappa shape index (κ2) is 5.87. The summed E-state index contributed by atoms with van der Waals surface area (Å²) in [6, 6.07) is 3.41. The van der Waals surface area contributed by atoms with Crippen molar-refractivity contribution in [3.63, 3.8) is 0 Å². The lowest BCUT2D eigenvalue weighted by molar-refractivity contribution is -0.132. The van der Waals surface area contributed by atoms with E-state index in [1.54, 1.807) is 17.5 Å². The molecule has 0 spiro atoms. The van der Waals surface area contributed by atoms with E-state index in [1.807, 2.05) is 0 Å². The Hall–Kier alpha value is -1.54. The minimum atomic E-state index is -0.407. The van der Waals surface area contributed by atoms with Crippen molar-refractivity contribution in [1.82, 2.24) is 15.8 Å². The van der Waals surface area contributed by atoms with E-state index in [2.05, 4.69) is 10.9 Å². The third kappa shape index (κ3) is 3.23. The van der Waals surface area contributed by atoms with Gasteiger partial charge in [-0.25, -0.2) is 0 Å². The molecule has 1 fully saturated rings. The lowest BCUT2D eigenvalue weighted by atomic mass is 10.4. The number of amides is 3. The van der Waals surface area contributed by atoms with E-state index in [0.29, 0.717) is 16.5 Å². The standard InChI is InChI=1S/C10H11N3O3S2/c14-8(4-13-6-17-5-9(13)15)11-12-10(16)7-2-1-3-18-7/h1-3H,4-6H2,(H,11,14)(H,12,16). The quantitative estimate of drug-likeness (QED) is 0.769. The van der Waals surface area contributed by atoms with Crippen LogP contribution in [-0.4, -0.2) is 40.8 Å². The van der Waals surface area contributed by atoms with Crippen molar-refractivity contribution in [2.45, 2.75) is 0 Å². The number of rotatable bonds is 3. The lowest BCUT2D eigenvalue weighted by Gasteiger charge is -2.14. The molecule has 6 nitrogen and oxygen atoms in total. The minimum absolute atomic E-state index is 0.0312. The Bertz CT molecular complexity index is 461. The van der Waals surface area contributed by atoms with Crippen molar-refractivity contribution in [1.29, 1.82) is 0 Å². The van der Waals surface area contributed by atoms with Gasteiger partial charge >= 0.3 is 0 Å². The average Bonchev–Trinajstić information content (AvgIpc) is 2.99. The number of carbonyl (C=O) groups excluding carboxylic acids is 3. The maximum atomic E-state index is 11.5. The summed E-state index contributed by atoms with van der Waals surface area (Å²) >= 11 is 2.75. The fraction of sp³-hybridized carbons (Fsp3) is 0.300. The van der Waals surface area contributed by atoms with Gasteiger partial charge in [-0.05, 0) is 11.4 Å². The first-order valence-corrected chi connectivity index (χ1v) is 7.18. The van der Waals surface area contributed by atoms with Gasteiger partial charge in [-0.15, -0.1) is 23.1 Å². The molecule has 0 saturated carbocycles. The number of nitrogens with one attached hydrogen (secondary N) is 2. The molecule has 0 bridgehead atoms. The van der Waals surface area contributed by atoms with Gasteiger partial charge in [-0.1, -0.05) is 6.07 Å². The van der Waals surface area contributed by atoms with E-state index in [0.717, 1.165) is 0 Å². The average molecular weight is 285 g/mol. The summed E-state index contributed by atoms with van der Waals surface area (Å²) in [4.78, 5) is 36.2. The van der Waals surface area contributed by atoms with Crippen LogP contribution in [-0.2, 0) is 9.59 Å². The van der Waals surface area contributed by atoms with Crippen LogP contribution in [0, 0.1) is 0 Å². The summed E-state index contributed by atoms with van der Waals surface area (Å²) in [5, 5.41) is 1.77. The molecular formula is C10H11N3O3S2. The highest BCUT2D eigenvalue weighted by atomic mass is 32.2. The van der Waals surface area contributed by atoms with Crippen molar-refractivity contribution in [3.8, 4) is 0 Å². The summed E-state index contributed by atoms with van der Waals surface area (Å²) in [5.41, 5.74) is 4.58. The molecule has 8 heteroatoms. The summed E-state index contributed by atoms with van der Waals surface area (Å²) in [5.74, 6) is 0.107. The Labute approximate surface area is 112 Å². The molecule has 1 aliphatic rings. The van der Waals surface area contributed by atoms with Crippen molar-refractivity contribution in [2.75, 3.05) is 18.2 Å². The van der Waals surface area contributed by atoms with Crippen LogP contribution in [0.2, 0.25) is 0 Å². The van der Waals surface area contributed by atoms with Gasteiger partial charge in [0.25, 0.3) is 11.8 Å². The zero-order valence-corrected chi connectivity index (χ0v) is 11.0. The molecule has 2 heterocycles. The second-order valence-corrected chi connectivity index (χ2v) is 5.45. The van der Waals surface area contributed by atoms with Gasteiger partial charge in [-0.3, -0.25) is 25.2 Å². The Balaban J connectivity index is 1.75. The van der Waals surface area contributed by atoms with Crippen LogP contribution in [0.25, 0.3) is 0 Å². The molecular weight excluding hydrogens is 274 g/mol. The first kappa shape index (κ1) is 12.9. The molecule has 1 aliphatic heterocycles. The van der Waals surface area contributed by atoms with Crippen molar-refractivity contribution >= 4 is 40.8 Å². The van der Waals surface area contributed by atoms with Gasteiger partial charge < -0.3 is 4.90 Å². The highest BCUT2D eigenvalue weighted by molar-refractivity contribution is 8.00. The van der Waals surface area contributed by atoms with Gasteiger partial charge in [-0.2, -0.15) is 0 Å².